The van der Waals surface area contributed by atoms with Gasteiger partial charge in [0, 0.05) is 38.6 Å². The summed E-state index contributed by atoms with van der Waals surface area (Å²) in [7, 11) is 0. The first-order chi connectivity index (χ1) is 28.1. The molecule has 2 aromatic rings. The average Bonchev–Trinajstić information content (AvgIpc) is 3.54. The third-order valence-electron chi connectivity index (χ3n) is 8.41. The van der Waals surface area contributed by atoms with Crippen molar-refractivity contribution in [1.82, 2.24) is 10.6 Å². The number of rotatable bonds is 37. The maximum Gasteiger partial charge on any atom is 0.407 e. The highest BCUT2D eigenvalue weighted by molar-refractivity contribution is 5.80. The summed E-state index contributed by atoms with van der Waals surface area (Å²) in [4.78, 5) is 34.1. The number of nitrogens with one attached hydrogen (secondary N) is 2. The molecule has 0 heterocycles. The van der Waals surface area contributed by atoms with Crippen molar-refractivity contribution in [2.75, 3.05) is 139 Å². The van der Waals surface area contributed by atoms with E-state index in [2.05, 4.69) is 34.9 Å². The minimum absolute atomic E-state index is 0.0144. The summed E-state index contributed by atoms with van der Waals surface area (Å²) in [6, 6.07) is 16.5. The van der Waals surface area contributed by atoms with Crippen molar-refractivity contribution < 1.29 is 66.9 Å². The Morgan fingerprint density at radius 3 is 1.21 bits per heavy atom. The molecule has 0 bridgehead atoms. The fourth-order valence-corrected chi connectivity index (χ4v) is 5.59. The molecular weight excluding hydrogens is 744 g/mol. The molecule has 3 rings (SSSR count). The van der Waals surface area contributed by atoms with Gasteiger partial charge in [-0.2, -0.15) is 0 Å². The molecule has 0 saturated heterocycles. The highest BCUT2D eigenvalue weighted by Gasteiger charge is 2.29. The predicted octanol–water partition coefficient (Wildman–Crippen LogP) is 3.44. The summed E-state index contributed by atoms with van der Waals surface area (Å²) in [6.07, 6.45) is 0.717. The highest BCUT2D eigenvalue weighted by atomic mass is 16.6. The van der Waals surface area contributed by atoms with Crippen LogP contribution in [0.1, 0.15) is 42.7 Å². The lowest BCUT2D eigenvalue weighted by Crippen LogP contribution is -2.27. The number of hydrogen-bond donors (Lipinski definition) is 3. The van der Waals surface area contributed by atoms with E-state index in [4.69, 9.17) is 52.5 Å². The summed E-state index contributed by atoms with van der Waals surface area (Å²) < 4.78 is 54.9. The molecule has 0 fully saturated rings. The number of carboxylic acid groups (broad SMARTS) is 1. The first-order valence-electron chi connectivity index (χ1n) is 19.8. The molecule has 2 amide bonds. The molecular formula is C41H62N2O14. The Balaban J connectivity index is 0.941. The molecule has 0 unspecified atom stereocenters. The molecule has 2 aromatic carbocycles. The minimum atomic E-state index is -0.986. The van der Waals surface area contributed by atoms with Crippen molar-refractivity contribution >= 4 is 18.0 Å². The molecule has 1 aliphatic carbocycles. The molecule has 16 nitrogen and oxygen atoms in total. The number of ether oxygens (including phenoxy) is 10. The zero-order chi connectivity index (χ0) is 40.4. The fraction of sp³-hybridized carbons (Fsp3) is 0.634. The molecule has 57 heavy (non-hydrogen) atoms. The molecule has 320 valence electrons. The third kappa shape index (κ3) is 22.7. The molecule has 1 aliphatic rings. The maximum atomic E-state index is 12.3. The van der Waals surface area contributed by atoms with E-state index in [1.165, 1.54) is 22.3 Å². The van der Waals surface area contributed by atoms with E-state index >= 15 is 0 Å². The monoisotopic (exact) mass is 806 g/mol. The van der Waals surface area contributed by atoms with Crippen LogP contribution in [0.5, 0.6) is 0 Å². The average molecular weight is 807 g/mol. The van der Waals surface area contributed by atoms with Crippen LogP contribution in [0.25, 0.3) is 11.1 Å². The van der Waals surface area contributed by atoms with Crippen LogP contribution in [0.15, 0.2) is 48.5 Å². The predicted molar refractivity (Wildman–Crippen MR) is 210 cm³/mol. The van der Waals surface area contributed by atoms with Crippen molar-refractivity contribution in [2.24, 2.45) is 0 Å². The van der Waals surface area contributed by atoms with Gasteiger partial charge in [0.2, 0.25) is 5.91 Å². The third-order valence-corrected chi connectivity index (χ3v) is 8.41. The number of carbonyl (C=O) groups is 3. The number of carboxylic acids is 1. The van der Waals surface area contributed by atoms with E-state index in [0.717, 1.165) is 0 Å². The van der Waals surface area contributed by atoms with Gasteiger partial charge in [0.1, 0.15) is 6.61 Å². The number of fused-ring (bicyclic) bond motifs is 3. The Labute approximate surface area is 336 Å². The lowest BCUT2D eigenvalue weighted by molar-refractivity contribution is -0.138. The number of benzene rings is 2. The van der Waals surface area contributed by atoms with Crippen molar-refractivity contribution in [2.45, 2.75) is 31.6 Å². The van der Waals surface area contributed by atoms with Gasteiger partial charge in [-0.3, -0.25) is 9.59 Å². The highest BCUT2D eigenvalue weighted by Crippen LogP contribution is 2.44. The largest absolute Gasteiger partial charge is 0.481 e. The summed E-state index contributed by atoms with van der Waals surface area (Å²) >= 11 is 0. The van der Waals surface area contributed by atoms with Crippen molar-refractivity contribution in [1.29, 1.82) is 0 Å². The number of alkyl carbamates (subject to hydrolysis) is 1. The first kappa shape index (κ1) is 47.7. The topological polar surface area (TPSA) is 188 Å². The quantitative estimate of drug-likeness (QED) is 0.0843. The zero-order valence-electron chi connectivity index (χ0n) is 33.1. The lowest BCUT2D eigenvalue weighted by Gasteiger charge is -2.14. The summed E-state index contributed by atoms with van der Waals surface area (Å²) in [6.45, 7) is 9.66. The summed E-state index contributed by atoms with van der Waals surface area (Å²) in [5.41, 5.74) is 4.78. The molecule has 0 spiro atoms. The number of hydrogen-bond acceptors (Lipinski definition) is 13. The van der Waals surface area contributed by atoms with Crippen LogP contribution in [0.3, 0.4) is 0 Å². The van der Waals surface area contributed by atoms with Gasteiger partial charge in [0.05, 0.1) is 112 Å². The van der Waals surface area contributed by atoms with Crippen molar-refractivity contribution in [3.63, 3.8) is 0 Å². The first-order valence-corrected chi connectivity index (χ1v) is 19.8. The van der Waals surface area contributed by atoms with Crippen LogP contribution in [-0.2, 0) is 57.0 Å². The summed E-state index contributed by atoms with van der Waals surface area (Å²) in [5, 5.41) is 14.0. The Kier molecular flexibility index (Phi) is 27.0. The van der Waals surface area contributed by atoms with Gasteiger partial charge in [-0.1, -0.05) is 48.5 Å². The van der Waals surface area contributed by atoms with Crippen LogP contribution in [0.4, 0.5) is 4.79 Å². The van der Waals surface area contributed by atoms with Gasteiger partial charge in [-0.15, -0.1) is 0 Å². The van der Waals surface area contributed by atoms with Crippen LogP contribution in [-0.4, -0.2) is 162 Å². The second kappa shape index (κ2) is 32.3. The normalized spacial score (nSPS) is 12.0. The molecule has 0 radical (unpaired) electrons. The van der Waals surface area contributed by atoms with E-state index in [1.54, 1.807) is 0 Å². The van der Waals surface area contributed by atoms with Crippen LogP contribution in [0, 0.1) is 0 Å². The van der Waals surface area contributed by atoms with Crippen molar-refractivity contribution in [3.05, 3.63) is 59.7 Å². The second-order valence-corrected chi connectivity index (χ2v) is 12.7. The van der Waals surface area contributed by atoms with Gasteiger partial charge in [-0.25, -0.2) is 4.79 Å². The Bertz CT molecular complexity index is 1320. The number of carbonyl (C=O) groups excluding carboxylic acids is 2. The van der Waals surface area contributed by atoms with Crippen LogP contribution < -0.4 is 10.6 Å². The van der Waals surface area contributed by atoms with Crippen LogP contribution in [0.2, 0.25) is 0 Å². The van der Waals surface area contributed by atoms with Gasteiger partial charge in [0.25, 0.3) is 0 Å². The van der Waals surface area contributed by atoms with Gasteiger partial charge in [0.15, 0.2) is 0 Å². The van der Waals surface area contributed by atoms with Gasteiger partial charge in [-0.05, 0) is 35.1 Å². The molecule has 0 aliphatic heterocycles. The van der Waals surface area contributed by atoms with Crippen LogP contribution >= 0.6 is 0 Å². The van der Waals surface area contributed by atoms with E-state index in [-0.39, 0.29) is 24.7 Å². The zero-order valence-corrected chi connectivity index (χ0v) is 33.1. The molecule has 0 aromatic heterocycles. The molecule has 0 saturated carbocycles. The molecule has 0 atom stereocenters. The molecule has 16 heteroatoms. The summed E-state index contributed by atoms with van der Waals surface area (Å²) in [5.74, 6) is -1.21. The van der Waals surface area contributed by atoms with Gasteiger partial charge < -0.3 is 63.1 Å². The molecule has 3 N–H and O–H groups in total. The second-order valence-electron chi connectivity index (χ2n) is 12.7. The van der Waals surface area contributed by atoms with E-state index < -0.39 is 12.1 Å². The number of amides is 2. The smallest absolute Gasteiger partial charge is 0.407 e. The van der Waals surface area contributed by atoms with Gasteiger partial charge >= 0.3 is 12.1 Å². The number of aliphatic carboxylic acids is 1. The van der Waals surface area contributed by atoms with E-state index in [9.17, 15) is 14.4 Å². The Morgan fingerprint density at radius 2 is 0.825 bits per heavy atom. The maximum absolute atomic E-state index is 12.3. The van der Waals surface area contributed by atoms with E-state index in [1.807, 2.05) is 24.3 Å². The SMILES string of the molecule is O=C(O)CCC(=O)NCCCOCCOCCOCCOCCOCCOCCOCCOCCOCCCNC(=O)OCC1c2ccccc2-c2ccccc21. The standard InChI is InChI=1S/C41H62N2O14/c44-39(11-12-40(45)46)42-13-5-15-48-17-19-50-21-23-52-25-27-54-29-31-56-32-30-55-28-26-53-24-22-51-20-18-49-16-6-14-43-41(47)57-33-38-36-9-3-1-7-34(36)35-8-2-4-10-37(35)38/h1-4,7-10,38H,5-6,11-33H2,(H,42,44)(H,43,47)(H,45,46). The Morgan fingerprint density at radius 1 is 0.474 bits per heavy atom. The minimum Gasteiger partial charge on any atom is -0.481 e. The fourth-order valence-electron chi connectivity index (χ4n) is 5.59. The van der Waals surface area contributed by atoms with Crippen molar-refractivity contribution in [3.8, 4) is 11.1 Å². The Hall–Kier alpha value is -3.71. The lowest BCUT2D eigenvalue weighted by atomic mass is 9.98. The van der Waals surface area contributed by atoms with E-state index in [0.29, 0.717) is 151 Å².